The highest BCUT2D eigenvalue weighted by molar-refractivity contribution is 6.31. The average Bonchev–Trinajstić information content (AvgIpc) is 1.88. The number of hydrogen-bond donors (Lipinski definition) is 2. The maximum absolute atomic E-state index is 8.71. The highest BCUT2D eigenvalue weighted by Gasteiger charge is 2.01. The van der Waals surface area contributed by atoms with Crippen LogP contribution in [0.2, 0.25) is 5.02 Å². The second kappa shape index (κ2) is 2.86. The van der Waals surface area contributed by atoms with Crippen molar-refractivity contribution >= 4 is 17.3 Å². The second-order valence-electron chi connectivity index (χ2n) is 1.85. The van der Waals surface area contributed by atoms with Crippen molar-refractivity contribution < 1.29 is 5.11 Å². The first-order valence-corrected chi connectivity index (χ1v) is 3.12. The maximum Gasteiger partial charge on any atom is 0.0717 e. The predicted octanol–water partition coefficient (Wildman–Crippen LogP) is 0.810. The molecular weight excluding hydrogens is 152 g/mol. The molecule has 0 spiro atoms. The first kappa shape index (κ1) is 7.31. The van der Waals surface area contributed by atoms with Crippen molar-refractivity contribution in [3.05, 3.63) is 23.0 Å². The Morgan fingerprint density at radius 3 is 2.70 bits per heavy atom. The zero-order chi connectivity index (χ0) is 7.56. The van der Waals surface area contributed by atoms with Crippen LogP contribution in [0.5, 0.6) is 0 Å². The summed E-state index contributed by atoms with van der Waals surface area (Å²) in [6, 6.07) is 0. The minimum atomic E-state index is -0.146. The van der Waals surface area contributed by atoms with Gasteiger partial charge in [-0.05, 0) is 0 Å². The van der Waals surface area contributed by atoms with Gasteiger partial charge in [0.15, 0.2) is 0 Å². The van der Waals surface area contributed by atoms with Gasteiger partial charge in [-0.15, -0.1) is 0 Å². The van der Waals surface area contributed by atoms with Gasteiger partial charge in [0.2, 0.25) is 0 Å². The lowest BCUT2D eigenvalue weighted by Crippen LogP contribution is -1.95. The Labute approximate surface area is 63.5 Å². The number of halogens is 1. The standard InChI is InChI=1S/C6H7ClN2O/c7-5-1-9-2-6(8)4(5)3-10/h1-2,10H,3,8H2. The monoisotopic (exact) mass is 158 g/mol. The van der Waals surface area contributed by atoms with Crippen LogP contribution in [0.1, 0.15) is 5.56 Å². The molecule has 3 nitrogen and oxygen atoms in total. The Balaban J connectivity index is 3.17. The second-order valence-corrected chi connectivity index (χ2v) is 2.25. The summed E-state index contributed by atoms with van der Waals surface area (Å²) in [5.41, 5.74) is 6.39. The van der Waals surface area contributed by atoms with E-state index in [1.807, 2.05) is 0 Å². The van der Waals surface area contributed by atoms with Gasteiger partial charge in [-0.2, -0.15) is 0 Å². The molecule has 10 heavy (non-hydrogen) atoms. The number of nitrogens with two attached hydrogens (primary N) is 1. The van der Waals surface area contributed by atoms with Crippen molar-refractivity contribution in [1.82, 2.24) is 4.98 Å². The van der Waals surface area contributed by atoms with Gasteiger partial charge in [-0.3, -0.25) is 4.98 Å². The number of hydrogen-bond acceptors (Lipinski definition) is 3. The summed E-state index contributed by atoms with van der Waals surface area (Å²) in [5, 5.41) is 9.11. The van der Waals surface area contributed by atoms with E-state index < -0.39 is 0 Å². The molecule has 0 atom stereocenters. The zero-order valence-corrected chi connectivity index (χ0v) is 5.97. The summed E-state index contributed by atoms with van der Waals surface area (Å²) < 4.78 is 0. The van der Waals surface area contributed by atoms with Crippen LogP contribution in [0, 0.1) is 0 Å². The summed E-state index contributed by atoms with van der Waals surface area (Å²) in [6.45, 7) is -0.146. The summed E-state index contributed by atoms with van der Waals surface area (Å²) in [6.07, 6.45) is 2.90. The van der Waals surface area contributed by atoms with Crippen molar-refractivity contribution in [3.8, 4) is 0 Å². The van der Waals surface area contributed by atoms with Gasteiger partial charge in [0.1, 0.15) is 0 Å². The normalized spacial score (nSPS) is 9.80. The number of anilines is 1. The van der Waals surface area contributed by atoms with Crippen LogP contribution in [-0.2, 0) is 6.61 Å². The predicted molar refractivity (Wildman–Crippen MR) is 39.6 cm³/mol. The number of aliphatic hydroxyl groups excluding tert-OH is 1. The molecule has 4 heteroatoms. The summed E-state index contributed by atoms with van der Waals surface area (Å²) >= 11 is 5.63. The Morgan fingerprint density at radius 1 is 1.60 bits per heavy atom. The lowest BCUT2D eigenvalue weighted by atomic mass is 10.2. The van der Waals surface area contributed by atoms with Crippen molar-refractivity contribution in [2.24, 2.45) is 0 Å². The third-order valence-electron chi connectivity index (χ3n) is 1.20. The van der Waals surface area contributed by atoms with Gasteiger partial charge in [0.05, 0.1) is 23.5 Å². The highest BCUT2D eigenvalue weighted by atomic mass is 35.5. The van der Waals surface area contributed by atoms with Gasteiger partial charge < -0.3 is 10.8 Å². The van der Waals surface area contributed by atoms with Gasteiger partial charge in [-0.25, -0.2) is 0 Å². The molecule has 0 saturated heterocycles. The van der Waals surface area contributed by atoms with Crippen LogP contribution < -0.4 is 5.73 Å². The molecule has 54 valence electrons. The van der Waals surface area contributed by atoms with Gasteiger partial charge >= 0.3 is 0 Å². The minimum Gasteiger partial charge on any atom is -0.397 e. The van der Waals surface area contributed by atoms with E-state index in [-0.39, 0.29) is 6.61 Å². The number of pyridine rings is 1. The third kappa shape index (κ3) is 1.20. The average molecular weight is 159 g/mol. The summed E-state index contributed by atoms with van der Waals surface area (Å²) in [5.74, 6) is 0. The first-order chi connectivity index (χ1) is 4.75. The molecule has 1 aromatic heterocycles. The highest BCUT2D eigenvalue weighted by Crippen LogP contribution is 2.19. The largest absolute Gasteiger partial charge is 0.397 e. The molecule has 1 heterocycles. The molecule has 3 N–H and O–H groups in total. The lowest BCUT2D eigenvalue weighted by Gasteiger charge is -2.01. The fourth-order valence-corrected chi connectivity index (χ4v) is 0.869. The molecule has 0 unspecified atom stereocenters. The Morgan fingerprint density at radius 2 is 2.30 bits per heavy atom. The lowest BCUT2D eigenvalue weighted by molar-refractivity contribution is 0.282. The Kier molecular flexibility index (Phi) is 2.09. The molecule has 0 radical (unpaired) electrons. The van der Waals surface area contributed by atoms with Crippen LogP contribution in [0.25, 0.3) is 0 Å². The smallest absolute Gasteiger partial charge is 0.0717 e. The molecular formula is C6H7ClN2O. The minimum absolute atomic E-state index is 0.146. The van der Waals surface area contributed by atoms with Crippen LogP contribution in [-0.4, -0.2) is 10.1 Å². The van der Waals surface area contributed by atoms with E-state index in [0.29, 0.717) is 16.3 Å². The SMILES string of the molecule is Nc1cncc(Cl)c1CO. The number of rotatable bonds is 1. The number of nitrogen functional groups attached to an aromatic ring is 1. The summed E-state index contributed by atoms with van der Waals surface area (Å²) in [4.78, 5) is 3.72. The molecule has 0 aromatic carbocycles. The molecule has 0 saturated carbocycles. The van der Waals surface area contributed by atoms with Crippen molar-refractivity contribution in [2.75, 3.05) is 5.73 Å². The third-order valence-corrected chi connectivity index (χ3v) is 1.52. The molecule has 0 aliphatic heterocycles. The Bertz CT molecular complexity index is 219. The van der Waals surface area contributed by atoms with Crippen molar-refractivity contribution in [3.63, 3.8) is 0 Å². The molecule has 0 bridgehead atoms. The number of aromatic nitrogens is 1. The van der Waals surface area contributed by atoms with E-state index in [1.54, 1.807) is 0 Å². The molecule has 0 aliphatic carbocycles. The molecule has 0 fully saturated rings. The van der Waals surface area contributed by atoms with Gasteiger partial charge in [-0.1, -0.05) is 11.6 Å². The van der Waals surface area contributed by atoms with E-state index in [0.717, 1.165) is 0 Å². The van der Waals surface area contributed by atoms with Crippen molar-refractivity contribution in [2.45, 2.75) is 6.61 Å². The molecule has 0 aliphatic rings. The van der Waals surface area contributed by atoms with Crippen molar-refractivity contribution in [1.29, 1.82) is 0 Å². The number of aliphatic hydroxyl groups is 1. The molecule has 0 amide bonds. The van der Waals surface area contributed by atoms with Gasteiger partial charge in [0.25, 0.3) is 0 Å². The number of nitrogens with zero attached hydrogens (tertiary/aromatic N) is 1. The van der Waals surface area contributed by atoms with E-state index in [2.05, 4.69) is 4.98 Å². The van der Waals surface area contributed by atoms with E-state index in [9.17, 15) is 0 Å². The fraction of sp³-hybridized carbons (Fsp3) is 0.167. The molecule has 1 rings (SSSR count). The van der Waals surface area contributed by atoms with Crippen LogP contribution in [0.4, 0.5) is 5.69 Å². The topological polar surface area (TPSA) is 59.1 Å². The van der Waals surface area contributed by atoms with Crippen LogP contribution in [0.3, 0.4) is 0 Å². The molecule has 1 aromatic rings. The summed E-state index contributed by atoms with van der Waals surface area (Å²) in [7, 11) is 0. The van der Waals surface area contributed by atoms with Crippen LogP contribution >= 0.6 is 11.6 Å². The van der Waals surface area contributed by atoms with E-state index >= 15 is 0 Å². The van der Waals surface area contributed by atoms with E-state index in [1.165, 1.54) is 12.4 Å². The van der Waals surface area contributed by atoms with E-state index in [4.69, 9.17) is 22.4 Å². The quantitative estimate of drug-likeness (QED) is 0.636. The maximum atomic E-state index is 8.71. The fourth-order valence-electron chi connectivity index (χ4n) is 0.644. The van der Waals surface area contributed by atoms with Crippen LogP contribution in [0.15, 0.2) is 12.4 Å². The van der Waals surface area contributed by atoms with Gasteiger partial charge in [0, 0.05) is 11.8 Å². The Hall–Kier alpha value is -0.800. The first-order valence-electron chi connectivity index (χ1n) is 2.74. The zero-order valence-electron chi connectivity index (χ0n) is 5.21.